The van der Waals surface area contributed by atoms with Crippen molar-refractivity contribution in [3.63, 3.8) is 0 Å². The van der Waals surface area contributed by atoms with Gasteiger partial charge in [0.2, 0.25) is 0 Å². The largest absolute Gasteiger partial charge is 0.390 e. The minimum atomic E-state index is -0.348. The fourth-order valence-electron chi connectivity index (χ4n) is 4.70. The Hall–Kier alpha value is -0.120. The summed E-state index contributed by atoms with van der Waals surface area (Å²) < 4.78 is 11.6. The second-order valence-electron chi connectivity index (χ2n) is 7.26. The fraction of sp³-hybridized carbons (Fsp3) is 1.00. The molecule has 0 radical (unpaired) electrons. The smallest absolute Gasteiger partial charge is 0.168 e. The molecule has 1 spiro atoms. The van der Waals surface area contributed by atoms with Crippen molar-refractivity contribution in [1.29, 1.82) is 0 Å². The van der Waals surface area contributed by atoms with Crippen LogP contribution in [0, 0.1) is 11.8 Å². The van der Waals surface area contributed by atoms with Crippen LogP contribution in [0.2, 0.25) is 0 Å². The van der Waals surface area contributed by atoms with Gasteiger partial charge in [-0.15, -0.1) is 0 Å². The standard InChI is InChI=1S/C17H30O3/c1-2-7-16(18)8-3-14(4-9-16)15-5-10-17(11-6-15)19-12-13-20-17/h14-15,18H,2-13H2,1H3. The maximum Gasteiger partial charge on any atom is 0.168 e. The summed E-state index contributed by atoms with van der Waals surface area (Å²) in [6.45, 7) is 3.72. The Kier molecular flexibility index (Phi) is 4.40. The van der Waals surface area contributed by atoms with Crippen LogP contribution < -0.4 is 0 Å². The summed E-state index contributed by atoms with van der Waals surface area (Å²) in [6, 6.07) is 0. The van der Waals surface area contributed by atoms with Gasteiger partial charge in [-0.1, -0.05) is 13.3 Å². The van der Waals surface area contributed by atoms with Gasteiger partial charge in [0.15, 0.2) is 5.79 Å². The van der Waals surface area contributed by atoms with Gasteiger partial charge in [0.25, 0.3) is 0 Å². The van der Waals surface area contributed by atoms with Crippen molar-refractivity contribution in [3.05, 3.63) is 0 Å². The van der Waals surface area contributed by atoms with Crippen LogP contribution in [0.5, 0.6) is 0 Å². The molecule has 0 amide bonds. The molecule has 0 aromatic heterocycles. The number of ether oxygens (including phenoxy) is 2. The van der Waals surface area contributed by atoms with Gasteiger partial charge in [0.05, 0.1) is 18.8 Å². The van der Waals surface area contributed by atoms with Crippen LogP contribution in [-0.4, -0.2) is 29.7 Å². The third kappa shape index (κ3) is 3.05. The van der Waals surface area contributed by atoms with E-state index in [0.717, 1.165) is 63.6 Å². The Morgan fingerprint density at radius 3 is 1.90 bits per heavy atom. The first kappa shape index (κ1) is 14.8. The van der Waals surface area contributed by atoms with Crippen molar-refractivity contribution >= 4 is 0 Å². The third-order valence-corrected chi connectivity index (χ3v) is 5.95. The monoisotopic (exact) mass is 282 g/mol. The minimum absolute atomic E-state index is 0.214. The summed E-state index contributed by atoms with van der Waals surface area (Å²) in [7, 11) is 0. The second kappa shape index (κ2) is 5.94. The second-order valence-corrected chi connectivity index (χ2v) is 7.26. The Bertz CT molecular complexity index is 304. The van der Waals surface area contributed by atoms with Crippen LogP contribution in [0.1, 0.15) is 71.1 Å². The molecule has 0 aromatic carbocycles. The van der Waals surface area contributed by atoms with E-state index >= 15 is 0 Å². The first-order valence-electron chi connectivity index (χ1n) is 8.65. The summed E-state index contributed by atoms with van der Waals surface area (Å²) in [5.41, 5.74) is -0.348. The van der Waals surface area contributed by atoms with Gasteiger partial charge < -0.3 is 14.6 Å². The molecule has 1 N–H and O–H groups in total. The lowest BCUT2D eigenvalue weighted by Crippen LogP contribution is -2.40. The first-order chi connectivity index (χ1) is 9.65. The van der Waals surface area contributed by atoms with Crippen LogP contribution in [0.3, 0.4) is 0 Å². The van der Waals surface area contributed by atoms with Gasteiger partial charge in [-0.2, -0.15) is 0 Å². The molecule has 0 bridgehead atoms. The van der Waals surface area contributed by atoms with Crippen molar-refractivity contribution in [2.75, 3.05) is 13.2 Å². The molecule has 2 aliphatic carbocycles. The maximum absolute atomic E-state index is 10.5. The quantitative estimate of drug-likeness (QED) is 0.859. The molecule has 1 aliphatic heterocycles. The molecule has 0 atom stereocenters. The molecule has 0 unspecified atom stereocenters. The van der Waals surface area contributed by atoms with Gasteiger partial charge in [0, 0.05) is 12.8 Å². The van der Waals surface area contributed by atoms with E-state index in [1.54, 1.807) is 0 Å². The Morgan fingerprint density at radius 2 is 1.40 bits per heavy atom. The van der Waals surface area contributed by atoms with Crippen molar-refractivity contribution in [2.24, 2.45) is 11.8 Å². The van der Waals surface area contributed by atoms with Crippen LogP contribution >= 0.6 is 0 Å². The zero-order chi connectivity index (χ0) is 14.1. The average molecular weight is 282 g/mol. The van der Waals surface area contributed by atoms with Crippen molar-refractivity contribution < 1.29 is 14.6 Å². The third-order valence-electron chi connectivity index (χ3n) is 5.95. The van der Waals surface area contributed by atoms with Crippen LogP contribution in [0.25, 0.3) is 0 Å². The highest BCUT2D eigenvalue weighted by molar-refractivity contribution is 4.90. The lowest BCUT2D eigenvalue weighted by Gasteiger charge is -2.43. The number of hydrogen-bond donors (Lipinski definition) is 1. The molecule has 1 saturated heterocycles. The van der Waals surface area contributed by atoms with E-state index < -0.39 is 0 Å². The molecule has 1 heterocycles. The van der Waals surface area contributed by atoms with Gasteiger partial charge in [-0.25, -0.2) is 0 Å². The molecule has 3 rings (SSSR count). The zero-order valence-electron chi connectivity index (χ0n) is 12.9. The maximum atomic E-state index is 10.5. The molecular weight excluding hydrogens is 252 g/mol. The SMILES string of the molecule is CCCC1(O)CCC(C2CCC3(CC2)OCCO3)CC1. The van der Waals surface area contributed by atoms with Crippen molar-refractivity contribution in [2.45, 2.75) is 82.5 Å². The molecule has 116 valence electrons. The molecular formula is C17H30O3. The molecule has 3 heteroatoms. The van der Waals surface area contributed by atoms with E-state index in [2.05, 4.69) is 6.92 Å². The van der Waals surface area contributed by atoms with E-state index in [1.165, 1.54) is 25.7 Å². The summed E-state index contributed by atoms with van der Waals surface area (Å²) in [6.07, 6.45) is 11.2. The Morgan fingerprint density at radius 1 is 0.900 bits per heavy atom. The highest BCUT2D eigenvalue weighted by Crippen LogP contribution is 2.46. The summed E-state index contributed by atoms with van der Waals surface area (Å²) >= 11 is 0. The summed E-state index contributed by atoms with van der Waals surface area (Å²) in [4.78, 5) is 0. The predicted molar refractivity (Wildman–Crippen MR) is 78.4 cm³/mol. The van der Waals surface area contributed by atoms with Gasteiger partial charge in [0.1, 0.15) is 0 Å². The minimum Gasteiger partial charge on any atom is -0.390 e. The summed E-state index contributed by atoms with van der Waals surface area (Å²) in [5, 5.41) is 10.5. The van der Waals surface area contributed by atoms with Gasteiger partial charge >= 0.3 is 0 Å². The molecule has 3 nitrogen and oxygen atoms in total. The van der Waals surface area contributed by atoms with Crippen LogP contribution in [0.15, 0.2) is 0 Å². The molecule has 0 aromatic rings. The lowest BCUT2D eigenvalue weighted by molar-refractivity contribution is -0.186. The first-order valence-corrected chi connectivity index (χ1v) is 8.65. The van der Waals surface area contributed by atoms with E-state index in [0.29, 0.717) is 0 Å². The van der Waals surface area contributed by atoms with E-state index in [1.807, 2.05) is 0 Å². The topological polar surface area (TPSA) is 38.7 Å². The highest BCUT2D eigenvalue weighted by atomic mass is 16.7. The number of aliphatic hydroxyl groups is 1. The Balaban J connectivity index is 1.48. The average Bonchev–Trinajstić information content (AvgIpc) is 2.89. The lowest BCUT2D eigenvalue weighted by atomic mass is 9.68. The number of rotatable bonds is 3. The predicted octanol–water partition coefficient (Wildman–Crippen LogP) is 3.64. The van der Waals surface area contributed by atoms with Gasteiger partial charge in [-0.3, -0.25) is 0 Å². The summed E-state index contributed by atoms with van der Waals surface area (Å²) in [5.74, 6) is 1.44. The Labute approximate surface area is 123 Å². The number of hydrogen-bond acceptors (Lipinski definition) is 3. The van der Waals surface area contributed by atoms with Crippen molar-refractivity contribution in [1.82, 2.24) is 0 Å². The van der Waals surface area contributed by atoms with Crippen molar-refractivity contribution in [3.8, 4) is 0 Å². The van der Waals surface area contributed by atoms with Gasteiger partial charge in [-0.05, 0) is 56.8 Å². The molecule has 3 fully saturated rings. The molecule has 2 saturated carbocycles. The van der Waals surface area contributed by atoms with E-state index in [9.17, 15) is 5.11 Å². The fourth-order valence-corrected chi connectivity index (χ4v) is 4.70. The normalized spacial score (nSPS) is 38.4. The van der Waals surface area contributed by atoms with Crippen LogP contribution in [-0.2, 0) is 9.47 Å². The molecule has 3 aliphatic rings. The molecule has 20 heavy (non-hydrogen) atoms. The highest BCUT2D eigenvalue weighted by Gasteiger charge is 2.43. The van der Waals surface area contributed by atoms with E-state index in [-0.39, 0.29) is 11.4 Å². The van der Waals surface area contributed by atoms with E-state index in [4.69, 9.17) is 9.47 Å². The zero-order valence-corrected chi connectivity index (χ0v) is 12.9. The van der Waals surface area contributed by atoms with Crippen LogP contribution in [0.4, 0.5) is 0 Å².